The van der Waals surface area contributed by atoms with Crippen LogP contribution in [0.2, 0.25) is 0 Å². The normalized spacial score (nSPS) is 18.7. The number of nitrogens with zero attached hydrogens (tertiary/aromatic N) is 3. The Bertz CT molecular complexity index is 863. The van der Waals surface area contributed by atoms with E-state index in [9.17, 15) is 4.79 Å². The molecule has 100 valence electrons. The van der Waals surface area contributed by atoms with Crippen LogP contribution in [0.1, 0.15) is 35.1 Å². The Balaban J connectivity index is 2.15. The van der Waals surface area contributed by atoms with E-state index in [-0.39, 0.29) is 5.78 Å². The van der Waals surface area contributed by atoms with Crippen molar-refractivity contribution in [3.8, 4) is 0 Å². The van der Waals surface area contributed by atoms with Crippen molar-refractivity contribution >= 4 is 22.6 Å². The van der Waals surface area contributed by atoms with Gasteiger partial charge in [0.2, 0.25) is 5.78 Å². The number of hydrogen-bond acceptors (Lipinski definition) is 3. The van der Waals surface area contributed by atoms with E-state index in [1.165, 1.54) is 0 Å². The van der Waals surface area contributed by atoms with Gasteiger partial charge in [-0.25, -0.2) is 9.97 Å². The van der Waals surface area contributed by atoms with Crippen LogP contribution in [0.25, 0.3) is 16.8 Å². The zero-order chi connectivity index (χ0) is 13.9. The molecule has 1 atom stereocenters. The maximum absolute atomic E-state index is 12.3. The van der Waals surface area contributed by atoms with Crippen LogP contribution in [-0.4, -0.2) is 20.2 Å². The van der Waals surface area contributed by atoms with Crippen LogP contribution in [0, 0.1) is 12.8 Å². The first kappa shape index (κ1) is 11.6. The molecule has 4 rings (SSSR count). The molecule has 0 unspecified atom stereocenters. The van der Waals surface area contributed by atoms with E-state index in [1.807, 2.05) is 35.6 Å². The lowest BCUT2D eigenvalue weighted by atomic mass is 9.86. The topological polar surface area (TPSA) is 47.3 Å². The van der Waals surface area contributed by atoms with E-state index in [1.54, 1.807) is 0 Å². The molecule has 0 spiro atoms. The number of para-hydroxylation sites is 2. The summed E-state index contributed by atoms with van der Waals surface area (Å²) >= 11 is 0. The zero-order valence-corrected chi connectivity index (χ0v) is 11.6. The largest absolute Gasteiger partial charge is 0.294 e. The van der Waals surface area contributed by atoms with Crippen molar-refractivity contribution in [3.05, 3.63) is 41.2 Å². The minimum atomic E-state index is 0.212. The van der Waals surface area contributed by atoms with E-state index in [0.29, 0.717) is 18.1 Å². The molecule has 0 radical (unpaired) electrons. The van der Waals surface area contributed by atoms with Crippen molar-refractivity contribution in [1.29, 1.82) is 0 Å². The molecule has 4 nitrogen and oxygen atoms in total. The molecule has 2 heterocycles. The summed E-state index contributed by atoms with van der Waals surface area (Å²) in [5.41, 5.74) is 4.62. The summed E-state index contributed by atoms with van der Waals surface area (Å²) in [5.74, 6) is 1.28. The van der Waals surface area contributed by atoms with Crippen molar-refractivity contribution in [3.63, 3.8) is 0 Å². The molecule has 0 N–H and O–H groups in total. The van der Waals surface area contributed by atoms with Gasteiger partial charge in [-0.2, -0.15) is 0 Å². The summed E-state index contributed by atoms with van der Waals surface area (Å²) in [6.45, 7) is 4.10. The molecule has 0 fully saturated rings. The minimum absolute atomic E-state index is 0.212. The van der Waals surface area contributed by atoms with Gasteiger partial charge in [-0.3, -0.25) is 9.20 Å². The van der Waals surface area contributed by atoms with Crippen LogP contribution in [0.5, 0.6) is 0 Å². The summed E-state index contributed by atoms with van der Waals surface area (Å²) in [4.78, 5) is 21.6. The van der Waals surface area contributed by atoms with Crippen molar-refractivity contribution in [1.82, 2.24) is 14.4 Å². The molecule has 3 aromatic rings. The molecule has 1 aliphatic rings. The Labute approximate surface area is 116 Å². The summed E-state index contributed by atoms with van der Waals surface area (Å²) < 4.78 is 2.00. The van der Waals surface area contributed by atoms with Gasteiger partial charge in [-0.1, -0.05) is 19.1 Å². The number of aryl methyl sites for hydroxylation is 1. The van der Waals surface area contributed by atoms with Gasteiger partial charge < -0.3 is 0 Å². The maximum atomic E-state index is 12.3. The second-order valence-corrected chi connectivity index (χ2v) is 5.69. The highest BCUT2D eigenvalue weighted by molar-refractivity contribution is 6.00. The first-order chi connectivity index (χ1) is 9.65. The molecule has 0 saturated carbocycles. The predicted octanol–water partition coefficient (Wildman–Crippen LogP) is 2.96. The molecule has 1 aromatic carbocycles. The second-order valence-electron chi connectivity index (χ2n) is 5.69. The quantitative estimate of drug-likeness (QED) is 0.628. The average molecular weight is 265 g/mol. The summed E-state index contributed by atoms with van der Waals surface area (Å²) in [6.07, 6.45) is 1.48. The van der Waals surface area contributed by atoms with E-state index < -0.39 is 0 Å². The van der Waals surface area contributed by atoms with Gasteiger partial charge in [0, 0.05) is 12.1 Å². The Morgan fingerprint density at radius 1 is 1.20 bits per heavy atom. The third-order valence-electron chi connectivity index (χ3n) is 4.12. The van der Waals surface area contributed by atoms with Gasteiger partial charge in [0.1, 0.15) is 0 Å². The molecular weight excluding hydrogens is 250 g/mol. The fourth-order valence-corrected chi connectivity index (χ4v) is 3.25. The number of hydrogen-bond donors (Lipinski definition) is 0. The SMILES string of the molecule is Cc1c2c(nc3nc4ccccc4n13)C[C@@H](C)CC2=O. The Kier molecular flexibility index (Phi) is 2.25. The first-order valence-electron chi connectivity index (χ1n) is 6.95. The van der Waals surface area contributed by atoms with Crippen LogP contribution in [0.3, 0.4) is 0 Å². The van der Waals surface area contributed by atoms with Crippen molar-refractivity contribution in [2.45, 2.75) is 26.7 Å². The van der Waals surface area contributed by atoms with E-state index in [2.05, 4.69) is 16.9 Å². The minimum Gasteiger partial charge on any atom is -0.294 e. The van der Waals surface area contributed by atoms with E-state index in [4.69, 9.17) is 0 Å². The van der Waals surface area contributed by atoms with Gasteiger partial charge in [0.25, 0.3) is 0 Å². The fraction of sp³-hybridized carbons (Fsp3) is 0.312. The van der Waals surface area contributed by atoms with Crippen molar-refractivity contribution < 1.29 is 4.79 Å². The molecule has 0 amide bonds. The average Bonchev–Trinajstić information content (AvgIpc) is 2.75. The molecule has 0 aliphatic heterocycles. The van der Waals surface area contributed by atoms with Gasteiger partial charge in [0.05, 0.1) is 22.3 Å². The molecule has 0 bridgehead atoms. The van der Waals surface area contributed by atoms with Crippen molar-refractivity contribution in [2.75, 3.05) is 0 Å². The van der Waals surface area contributed by atoms with Crippen LogP contribution in [-0.2, 0) is 6.42 Å². The standard InChI is InChI=1S/C16H15N3O/c1-9-7-12-15(14(20)8-9)10(2)19-13-6-4-3-5-11(13)17-16(19)18-12/h3-6,9H,7-8H2,1-2H3/t9-/m1/s1. The number of imidazole rings is 1. The number of aromatic nitrogens is 3. The lowest BCUT2D eigenvalue weighted by molar-refractivity contribution is 0.0951. The number of benzene rings is 1. The lowest BCUT2D eigenvalue weighted by Crippen LogP contribution is -2.22. The third-order valence-corrected chi connectivity index (χ3v) is 4.12. The summed E-state index contributed by atoms with van der Waals surface area (Å²) in [7, 11) is 0. The van der Waals surface area contributed by atoms with Crippen LogP contribution in [0.4, 0.5) is 0 Å². The van der Waals surface area contributed by atoms with Crippen LogP contribution < -0.4 is 0 Å². The maximum Gasteiger partial charge on any atom is 0.235 e. The number of carbonyl (C=O) groups excluding carboxylic acids is 1. The lowest BCUT2D eigenvalue weighted by Gasteiger charge is -2.21. The highest BCUT2D eigenvalue weighted by Gasteiger charge is 2.27. The highest BCUT2D eigenvalue weighted by atomic mass is 16.1. The van der Waals surface area contributed by atoms with Gasteiger partial charge >= 0.3 is 0 Å². The smallest absolute Gasteiger partial charge is 0.235 e. The molecule has 20 heavy (non-hydrogen) atoms. The molecule has 1 aliphatic carbocycles. The van der Waals surface area contributed by atoms with Gasteiger partial charge in [-0.05, 0) is 31.4 Å². The van der Waals surface area contributed by atoms with E-state index in [0.717, 1.165) is 34.4 Å². The predicted molar refractivity (Wildman–Crippen MR) is 77.0 cm³/mol. The molecular formula is C16H15N3O. The van der Waals surface area contributed by atoms with Gasteiger partial charge in [0.15, 0.2) is 5.78 Å². The van der Waals surface area contributed by atoms with E-state index >= 15 is 0 Å². The number of fused-ring (bicyclic) bond motifs is 4. The summed E-state index contributed by atoms with van der Waals surface area (Å²) in [5, 5.41) is 0. The number of ketones is 1. The summed E-state index contributed by atoms with van der Waals surface area (Å²) in [6, 6.07) is 7.95. The Morgan fingerprint density at radius 2 is 2.00 bits per heavy atom. The molecule has 0 saturated heterocycles. The van der Waals surface area contributed by atoms with Crippen LogP contribution >= 0.6 is 0 Å². The van der Waals surface area contributed by atoms with Crippen molar-refractivity contribution in [2.24, 2.45) is 5.92 Å². The van der Waals surface area contributed by atoms with Crippen LogP contribution in [0.15, 0.2) is 24.3 Å². The highest BCUT2D eigenvalue weighted by Crippen LogP contribution is 2.28. The third kappa shape index (κ3) is 1.45. The number of Topliss-reactive ketones (excluding diaryl/α,β-unsaturated/α-hetero) is 1. The van der Waals surface area contributed by atoms with Gasteiger partial charge in [-0.15, -0.1) is 0 Å². The molecule has 2 aromatic heterocycles. The Hall–Kier alpha value is -2.23. The Morgan fingerprint density at radius 3 is 2.85 bits per heavy atom. The second kappa shape index (κ2) is 3.88. The number of carbonyl (C=O) groups is 1. The number of rotatable bonds is 0. The fourth-order valence-electron chi connectivity index (χ4n) is 3.25. The molecule has 4 heteroatoms. The zero-order valence-electron chi connectivity index (χ0n) is 11.6. The first-order valence-corrected chi connectivity index (χ1v) is 6.95. The monoisotopic (exact) mass is 265 g/mol.